The van der Waals surface area contributed by atoms with Crippen LogP contribution in [0.5, 0.6) is 5.75 Å². The van der Waals surface area contributed by atoms with Gasteiger partial charge in [0.1, 0.15) is 0 Å². The van der Waals surface area contributed by atoms with E-state index in [2.05, 4.69) is 5.32 Å². The lowest BCUT2D eigenvalue weighted by molar-refractivity contribution is -0.150. The summed E-state index contributed by atoms with van der Waals surface area (Å²) in [6, 6.07) is 24.3. The van der Waals surface area contributed by atoms with E-state index in [0.29, 0.717) is 0 Å². The lowest BCUT2D eigenvalue weighted by Gasteiger charge is -2.20. The largest absolute Gasteiger partial charge is 0.479 e. The second-order valence-electron chi connectivity index (χ2n) is 6.20. The molecule has 0 aliphatic heterocycles. The molecule has 0 saturated heterocycles. The quantitative estimate of drug-likeness (QED) is 0.594. The summed E-state index contributed by atoms with van der Waals surface area (Å²) in [7, 11) is 0. The number of para-hydroxylation sites is 1. The van der Waals surface area contributed by atoms with Crippen LogP contribution in [0.2, 0.25) is 0 Å². The number of nitrogens with one attached hydrogen (secondary N) is 1. The standard InChI is InChI=1S/C23H20FNO4/c24-19-13-7-8-14-20(19)28-16-22(27)29-15-21(26)25-23(17-9-3-1-4-10-17)18-11-5-2-6-12-18/h1-14,23H,15-16H2,(H,25,26). The topological polar surface area (TPSA) is 64.6 Å². The summed E-state index contributed by atoms with van der Waals surface area (Å²) in [5.41, 5.74) is 1.81. The van der Waals surface area contributed by atoms with Crippen molar-refractivity contribution in [2.75, 3.05) is 13.2 Å². The van der Waals surface area contributed by atoms with E-state index >= 15 is 0 Å². The van der Waals surface area contributed by atoms with Gasteiger partial charge < -0.3 is 14.8 Å². The number of hydrogen-bond donors (Lipinski definition) is 1. The molecule has 0 aliphatic rings. The number of carbonyl (C=O) groups is 2. The summed E-state index contributed by atoms with van der Waals surface area (Å²) in [4.78, 5) is 24.2. The lowest BCUT2D eigenvalue weighted by atomic mass is 9.99. The minimum atomic E-state index is -0.764. The number of esters is 1. The van der Waals surface area contributed by atoms with Crippen molar-refractivity contribution < 1.29 is 23.5 Å². The molecule has 0 aromatic heterocycles. The molecule has 1 N–H and O–H groups in total. The predicted molar refractivity (Wildman–Crippen MR) is 106 cm³/mol. The lowest BCUT2D eigenvalue weighted by Crippen LogP contribution is -2.33. The molecule has 6 heteroatoms. The fourth-order valence-electron chi connectivity index (χ4n) is 2.74. The zero-order valence-electron chi connectivity index (χ0n) is 15.6. The minimum Gasteiger partial charge on any atom is -0.479 e. The van der Waals surface area contributed by atoms with Gasteiger partial charge in [-0.15, -0.1) is 0 Å². The van der Waals surface area contributed by atoms with Crippen molar-refractivity contribution in [2.24, 2.45) is 0 Å². The van der Waals surface area contributed by atoms with Gasteiger partial charge in [-0.3, -0.25) is 4.79 Å². The molecule has 3 aromatic carbocycles. The van der Waals surface area contributed by atoms with Gasteiger partial charge in [-0.05, 0) is 23.3 Å². The van der Waals surface area contributed by atoms with Crippen molar-refractivity contribution in [1.29, 1.82) is 0 Å². The van der Waals surface area contributed by atoms with Gasteiger partial charge in [0, 0.05) is 0 Å². The van der Waals surface area contributed by atoms with E-state index in [9.17, 15) is 14.0 Å². The van der Waals surface area contributed by atoms with Crippen LogP contribution in [0.25, 0.3) is 0 Å². The maximum Gasteiger partial charge on any atom is 0.344 e. The highest BCUT2D eigenvalue weighted by molar-refractivity contribution is 5.81. The molecule has 0 saturated carbocycles. The van der Waals surface area contributed by atoms with Crippen molar-refractivity contribution in [2.45, 2.75) is 6.04 Å². The highest BCUT2D eigenvalue weighted by atomic mass is 19.1. The molecule has 3 aromatic rings. The molecule has 1 amide bonds. The first-order valence-electron chi connectivity index (χ1n) is 9.05. The summed E-state index contributed by atoms with van der Waals surface area (Å²) in [6.07, 6.45) is 0. The molecule has 0 fully saturated rings. The predicted octanol–water partition coefficient (Wildman–Crippen LogP) is 3.65. The maximum absolute atomic E-state index is 13.5. The van der Waals surface area contributed by atoms with Gasteiger partial charge in [0.15, 0.2) is 24.8 Å². The number of carbonyl (C=O) groups excluding carboxylic acids is 2. The Morgan fingerprint density at radius 1 is 0.793 bits per heavy atom. The third-order valence-electron chi connectivity index (χ3n) is 4.12. The van der Waals surface area contributed by atoms with Gasteiger partial charge in [-0.2, -0.15) is 0 Å². The zero-order chi connectivity index (χ0) is 20.5. The SMILES string of the molecule is O=C(COC(=O)COc1ccccc1F)NC(c1ccccc1)c1ccccc1. The number of halogens is 1. The van der Waals surface area contributed by atoms with Gasteiger partial charge >= 0.3 is 5.97 Å². The van der Waals surface area contributed by atoms with Crippen molar-refractivity contribution >= 4 is 11.9 Å². The Labute approximate surface area is 168 Å². The first-order chi connectivity index (χ1) is 14.1. The third kappa shape index (κ3) is 5.90. The highest BCUT2D eigenvalue weighted by Gasteiger charge is 2.18. The van der Waals surface area contributed by atoms with E-state index in [1.165, 1.54) is 18.2 Å². The summed E-state index contributed by atoms with van der Waals surface area (Å²) < 4.78 is 23.5. The Kier molecular flexibility index (Phi) is 6.95. The van der Waals surface area contributed by atoms with E-state index < -0.39 is 30.9 Å². The van der Waals surface area contributed by atoms with Crippen molar-refractivity contribution in [1.82, 2.24) is 5.32 Å². The highest BCUT2D eigenvalue weighted by Crippen LogP contribution is 2.21. The van der Waals surface area contributed by atoms with E-state index in [0.717, 1.165) is 11.1 Å². The summed E-state index contributed by atoms with van der Waals surface area (Å²) >= 11 is 0. The third-order valence-corrected chi connectivity index (χ3v) is 4.12. The minimum absolute atomic E-state index is 0.0536. The Bertz CT molecular complexity index is 908. The van der Waals surface area contributed by atoms with Crippen molar-refractivity contribution in [3.05, 3.63) is 102 Å². The van der Waals surface area contributed by atoms with Crippen LogP contribution >= 0.6 is 0 Å². The van der Waals surface area contributed by atoms with Gasteiger partial charge in [-0.1, -0.05) is 72.8 Å². The Hall–Kier alpha value is -3.67. The van der Waals surface area contributed by atoms with Crippen LogP contribution in [0.4, 0.5) is 4.39 Å². The average molecular weight is 393 g/mol. The molecular formula is C23H20FNO4. The summed E-state index contributed by atoms with van der Waals surface area (Å²) in [5, 5.41) is 2.87. The number of rotatable bonds is 8. The Morgan fingerprint density at radius 3 is 1.93 bits per heavy atom. The van der Waals surface area contributed by atoms with E-state index in [1.807, 2.05) is 60.7 Å². The molecule has 0 spiro atoms. The first kappa shape index (κ1) is 20.1. The maximum atomic E-state index is 13.5. The van der Waals surface area contributed by atoms with Gasteiger partial charge in [-0.25, -0.2) is 9.18 Å². The number of amides is 1. The fourth-order valence-corrected chi connectivity index (χ4v) is 2.74. The molecule has 29 heavy (non-hydrogen) atoms. The molecule has 3 rings (SSSR count). The number of ether oxygens (including phenoxy) is 2. The monoisotopic (exact) mass is 393 g/mol. The molecule has 148 valence electrons. The Morgan fingerprint density at radius 2 is 1.34 bits per heavy atom. The number of benzene rings is 3. The smallest absolute Gasteiger partial charge is 0.344 e. The van der Waals surface area contributed by atoms with Crippen molar-refractivity contribution in [3.8, 4) is 5.75 Å². The van der Waals surface area contributed by atoms with Crippen LogP contribution in [0, 0.1) is 5.82 Å². The van der Waals surface area contributed by atoms with E-state index in [1.54, 1.807) is 6.07 Å². The van der Waals surface area contributed by atoms with Crippen molar-refractivity contribution in [3.63, 3.8) is 0 Å². The van der Waals surface area contributed by atoms with Crippen LogP contribution in [-0.2, 0) is 14.3 Å². The molecule has 5 nitrogen and oxygen atoms in total. The van der Waals surface area contributed by atoms with Crippen LogP contribution in [0.15, 0.2) is 84.9 Å². The van der Waals surface area contributed by atoms with E-state index in [-0.39, 0.29) is 11.8 Å². The number of hydrogen-bond acceptors (Lipinski definition) is 4. The fraction of sp³-hybridized carbons (Fsp3) is 0.130. The average Bonchev–Trinajstić information content (AvgIpc) is 2.76. The van der Waals surface area contributed by atoms with Crippen LogP contribution < -0.4 is 10.1 Å². The summed E-state index contributed by atoms with van der Waals surface area (Å²) in [5.74, 6) is -1.85. The normalized spacial score (nSPS) is 10.4. The molecule has 0 bridgehead atoms. The van der Waals surface area contributed by atoms with Crippen LogP contribution in [0.1, 0.15) is 17.2 Å². The molecule has 0 heterocycles. The Balaban J connectivity index is 1.55. The van der Waals surface area contributed by atoms with E-state index in [4.69, 9.17) is 9.47 Å². The van der Waals surface area contributed by atoms with Crippen LogP contribution in [0.3, 0.4) is 0 Å². The summed E-state index contributed by atoms with van der Waals surface area (Å²) in [6.45, 7) is -0.954. The second kappa shape index (κ2) is 10.0. The van der Waals surface area contributed by atoms with Gasteiger partial charge in [0.05, 0.1) is 6.04 Å². The molecular weight excluding hydrogens is 373 g/mol. The second-order valence-corrected chi connectivity index (χ2v) is 6.20. The van der Waals surface area contributed by atoms with Gasteiger partial charge in [0.2, 0.25) is 0 Å². The first-order valence-corrected chi connectivity index (χ1v) is 9.05. The molecule has 0 aliphatic carbocycles. The molecule has 0 radical (unpaired) electrons. The molecule has 0 atom stereocenters. The van der Waals surface area contributed by atoms with Crippen LogP contribution in [-0.4, -0.2) is 25.1 Å². The molecule has 0 unspecified atom stereocenters. The van der Waals surface area contributed by atoms with Gasteiger partial charge in [0.25, 0.3) is 5.91 Å². The zero-order valence-corrected chi connectivity index (χ0v) is 15.6.